The quantitative estimate of drug-likeness (QED) is 0.507. The van der Waals surface area contributed by atoms with Crippen molar-refractivity contribution in [1.82, 2.24) is 9.97 Å². The van der Waals surface area contributed by atoms with Gasteiger partial charge in [-0.15, -0.1) is 0 Å². The summed E-state index contributed by atoms with van der Waals surface area (Å²) in [6.45, 7) is 1.12. The Morgan fingerprint density at radius 1 is 0.679 bits per heavy atom. The Labute approximate surface area is 162 Å². The van der Waals surface area contributed by atoms with Gasteiger partial charge in [0.15, 0.2) is 5.92 Å². The van der Waals surface area contributed by atoms with E-state index in [0.717, 1.165) is 18.0 Å². The normalized spacial score (nSPS) is 9.79. The number of hydrogen-bond donors (Lipinski definition) is 2. The smallest absolute Gasteiger partial charge is 0.317 e. The van der Waals surface area contributed by atoms with Crippen LogP contribution >= 0.6 is 0 Å². The van der Waals surface area contributed by atoms with Crippen molar-refractivity contribution in [1.29, 1.82) is 0 Å². The van der Waals surface area contributed by atoms with Crippen LogP contribution in [0.2, 0.25) is 0 Å². The number of aliphatic carboxylic acids is 2. The molecule has 6 heteroatoms. The lowest BCUT2D eigenvalue weighted by Crippen LogP contribution is -2.19. The van der Waals surface area contributed by atoms with Gasteiger partial charge in [-0.2, -0.15) is 0 Å². The number of pyridine rings is 2. The molecular formula is C22H20N2O4. The number of hydrogen-bond acceptors (Lipinski definition) is 4. The van der Waals surface area contributed by atoms with E-state index < -0.39 is 17.9 Å². The molecule has 0 saturated carbocycles. The number of benzene rings is 2. The van der Waals surface area contributed by atoms with Gasteiger partial charge in [0.05, 0.1) is 11.0 Å². The number of rotatable bonds is 2. The number of aromatic nitrogens is 2. The van der Waals surface area contributed by atoms with E-state index in [-0.39, 0.29) is 0 Å². The van der Waals surface area contributed by atoms with Crippen molar-refractivity contribution in [2.45, 2.75) is 6.92 Å². The lowest BCUT2D eigenvalue weighted by atomic mass is 10.2. The standard InChI is InChI=1S/2C9H7N.C4H6O4/c2*1-2-6-9-8(4-1)5-3-7-10-9;1-2(3(5)6)4(7)8/h2*1-7H;2H,1H3,(H,5,6)(H,7,8). The minimum Gasteiger partial charge on any atom is -0.481 e. The lowest BCUT2D eigenvalue weighted by Gasteiger charge is -1.94. The van der Waals surface area contributed by atoms with Crippen LogP contribution in [0.15, 0.2) is 85.2 Å². The summed E-state index contributed by atoms with van der Waals surface area (Å²) >= 11 is 0. The van der Waals surface area contributed by atoms with Crippen molar-refractivity contribution in [2.75, 3.05) is 0 Å². The third-order valence-corrected chi connectivity index (χ3v) is 3.77. The van der Waals surface area contributed by atoms with Crippen molar-refractivity contribution in [3.63, 3.8) is 0 Å². The molecule has 0 aliphatic heterocycles. The Hall–Kier alpha value is -3.80. The molecule has 0 fully saturated rings. The van der Waals surface area contributed by atoms with Gasteiger partial charge in [-0.05, 0) is 31.2 Å². The van der Waals surface area contributed by atoms with E-state index in [2.05, 4.69) is 34.2 Å². The summed E-state index contributed by atoms with van der Waals surface area (Å²) in [5.74, 6) is -3.91. The van der Waals surface area contributed by atoms with Crippen LogP contribution in [-0.2, 0) is 9.59 Å². The second-order valence-corrected chi connectivity index (χ2v) is 5.79. The Kier molecular flexibility index (Phi) is 7.60. The molecule has 28 heavy (non-hydrogen) atoms. The summed E-state index contributed by atoms with van der Waals surface area (Å²) in [5.41, 5.74) is 2.12. The van der Waals surface area contributed by atoms with Crippen LogP contribution in [0.25, 0.3) is 21.8 Å². The molecule has 0 saturated heterocycles. The highest BCUT2D eigenvalue weighted by atomic mass is 16.4. The molecule has 0 bridgehead atoms. The van der Waals surface area contributed by atoms with Crippen LogP contribution < -0.4 is 0 Å². The summed E-state index contributed by atoms with van der Waals surface area (Å²) in [7, 11) is 0. The first-order chi connectivity index (χ1) is 13.5. The Balaban J connectivity index is 0.000000152. The van der Waals surface area contributed by atoms with Crippen LogP contribution in [-0.4, -0.2) is 32.1 Å². The highest BCUT2D eigenvalue weighted by Gasteiger charge is 2.18. The largest absolute Gasteiger partial charge is 0.481 e. The van der Waals surface area contributed by atoms with Gasteiger partial charge in [-0.3, -0.25) is 19.6 Å². The van der Waals surface area contributed by atoms with Crippen LogP contribution in [0.3, 0.4) is 0 Å². The highest BCUT2D eigenvalue weighted by Crippen LogP contribution is 2.08. The Bertz CT molecular complexity index is 850. The number of carbonyl (C=O) groups is 2. The maximum absolute atomic E-state index is 9.76. The van der Waals surface area contributed by atoms with Gasteiger partial charge in [0.1, 0.15) is 0 Å². The topological polar surface area (TPSA) is 100 Å². The number of para-hydroxylation sites is 2. The van der Waals surface area contributed by atoms with Crippen LogP contribution in [0.5, 0.6) is 0 Å². The Morgan fingerprint density at radius 2 is 1.04 bits per heavy atom. The molecule has 2 N–H and O–H groups in total. The van der Waals surface area contributed by atoms with Gasteiger partial charge in [0.2, 0.25) is 0 Å². The van der Waals surface area contributed by atoms with Gasteiger partial charge < -0.3 is 10.2 Å². The average molecular weight is 376 g/mol. The number of carboxylic acid groups (broad SMARTS) is 2. The minimum absolute atomic E-state index is 1.06. The average Bonchev–Trinajstić information content (AvgIpc) is 2.74. The number of carboxylic acids is 2. The maximum Gasteiger partial charge on any atom is 0.317 e. The zero-order valence-corrected chi connectivity index (χ0v) is 15.3. The summed E-state index contributed by atoms with van der Waals surface area (Å²) in [6.07, 6.45) is 3.62. The predicted octanol–water partition coefficient (Wildman–Crippen LogP) is 4.26. The van der Waals surface area contributed by atoms with Crippen molar-refractivity contribution < 1.29 is 19.8 Å². The fourth-order valence-electron chi connectivity index (χ4n) is 2.14. The van der Waals surface area contributed by atoms with Crippen molar-refractivity contribution in [2.24, 2.45) is 5.92 Å². The molecule has 6 nitrogen and oxygen atoms in total. The molecule has 0 unspecified atom stereocenters. The molecule has 0 aliphatic rings. The maximum atomic E-state index is 9.76. The minimum atomic E-state index is -1.31. The summed E-state index contributed by atoms with van der Waals surface area (Å²) in [6, 6.07) is 24.2. The highest BCUT2D eigenvalue weighted by molar-refractivity contribution is 5.92. The second-order valence-electron chi connectivity index (χ2n) is 5.79. The first-order valence-corrected chi connectivity index (χ1v) is 8.54. The van der Waals surface area contributed by atoms with Crippen molar-refractivity contribution in [3.05, 3.63) is 85.2 Å². The molecule has 4 aromatic rings. The van der Waals surface area contributed by atoms with E-state index in [1.54, 1.807) is 0 Å². The number of nitrogens with zero attached hydrogens (tertiary/aromatic N) is 2. The lowest BCUT2D eigenvalue weighted by molar-refractivity contribution is -0.153. The second kappa shape index (κ2) is 10.4. The summed E-state index contributed by atoms with van der Waals surface area (Å²) < 4.78 is 0. The molecule has 2 aromatic carbocycles. The van der Waals surface area contributed by atoms with E-state index in [1.807, 2.05) is 60.9 Å². The van der Waals surface area contributed by atoms with E-state index in [9.17, 15) is 9.59 Å². The molecule has 4 rings (SSSR count). The van der Waals surface area contributed by atoms with Crippen molar-refractivity contribution >= 4 is 33.7 Å². The molecular weight excluding hydrogens is 356 g/mol. The molecule has 2 heterocycles. The van der Waals surface area contributed by atoms with E-state index in [4.69, 9.17) is 10.2 Å². The fraction of sp³-hybridized carbons (Fsp3) is 0.0909. The molecule has 0 aliphatic carbocycles. The van der Waals surface area contributed by atoms with Crippen LogP contribution in [0, 0.1) is 5.92 Å². The zero-order valence-electron chi connectivity index (χ0n) is 15.3. The molecule has 2 aromatic heterocycles. The zero-order chi connectivity index (χ0) is 20.4. The molecule has 142 valence electrons. The van der Waals surface area contributed by atoms with E-state index in [1.165, 1.54) is 10.8 Å². The molecule has 0 atom stereocenters. The first kappa shape index (κ1) is 20.5. The van der Waals surface area contributed by atoms with Gasteiger partial charge in [-0.25, -0.2) is 0 Å². The summed E-state index contributed by atoms with van der Waals surface area (Å²) in [5, 5.41) is 18.3. The third-order valence-electron chi connectivity index (χ3n) is 3.77. The third kappa shape index (κ3) is 6.17. The summed E-state index contributed by atoms with van der Waals surface area (Å²) in [4.78, 5) is 27.9. The molecule has 0 radical (unpaired) electrons. The van der Waals surface area contributed by atoms with Gasteiger partial charge in [0, 0.05) is 23.2 Å². The molecule has 0 spiro atoms. The van der Waals surface area contributed by atoms with Gasteiger partial charge in [-0.1, -0.05) is 48.5 Å². The SMILES string of the molecule is CC(C(=O)O)C(=O)O.c1ccc2ncccc2c1.c1ccc2ncccc2c1. The predicted molar refractivity (Wildman–Crippen MR) is 108 cm³/mol. The van der Waals surface area contributed by atoms with Gasteiger partial charge >= 0.3 is 11.9 Å². The number of fused-ring (bicyclic) bond motifs is 2. The van der Waals surface area contributed by atoms with Gasteiger partial charge in [0.25, 0.3) is 0 Å². The Morgan fingerprint density at radius 3 is 1.36 bits per heavy atom. The van der Waals surface area contributed by atoms with Crippen LogP contribution in [0.4, 0.5) is 0 Å². The van der Waals surface area contributed by atoms with E-state index in [0.29, 0.717) is 0 Å². The van der Waals surface area contributed by atoms with Crippen LogP contribution in [0.1, 0.15) is 6.92 Å². The first-order valence-electron chi connectivity index (χ1n) is 8.54. The molecule has 0 amide bonds. The fourth-order valence-corrected chi connectivity index (χ4v) is 2.14. The van der Waals surface area contributed by atoms with Crippen molar-refractivity contribution in [3.8, 4) is 0 Å². The van der Waals surface area contributed by atoms with E-state index >= 15 is 0 Å². The monoisotopic (exact) mass is 376 g/mol.